The van der Waals surface area contributed by atoms with E-state index < -0.39 is 35.1 Å². The van der Waals surface area contributed by atoms with Crippen molar-refractivity contribution in [2.45, 2.75) is 18.9 Å². The predicted octanol–water partition coefficient (Wildman–Crippen LogP) is 4.67. The molecule has 3 rings (SSSR count). The summed E-state index contributed by atoms with van der Waals surface area (Å²) < 4.78 is 78.1. The van der Waals surface area contributed by atoms with Gasteiger partial charge >= 0.3 is 12.4 Å². The average Bonchev–Trinajstić information content (AvgIpc) is 2.72. The fourth-order valence-electron chi connectivity index (χ4n) is 2.77. The minimum Gasteiger partial charge on any atom is -0.365 e. The number of H-pyrrole nitrogens is 1. The number of alkyl halides is 6. The van der Waals surface area contributed by atoms with Gasteiger partial charge in [0, 0.05) is 30.7 Å². The minimum atomic E-state index is -5.27. The van der Waals surface area contributed by atoms with Gasteiger partial charge in [-0.1, -0.05) is 6.07 Å². The number of halogens is 6. The Kier molecular flexibility index (Phi) is 6.23. The van der Waals surface area contributed by atoms with Crippen LogP contribution in [0.15, 0.2) is 59.7 Å². The summed E-state index contributed by atoms with van der Waals surface area (Å²) in [5.74, 6) is -0.797. The quantitative estimate of drug-likeness (QED) is 0.487. The number of hydrogen-bond acceptors (Lipinski definition) is 4. The molecule has 6 nitrogen and oxygen atoms in total. The largest absolute Gasteiger partial charge is 0.417 e. The topological polar surface area (TPSA) is 86.9 Å². The molecule has 0 spiro atoms. The summed E-state index contributed by atoms with van der Waals surface area (Å²) in [6.45, 7) is 0.159. The van der Waals surface area contributed by atoms with Crippen molar-refractivity contribution < 1.29 is 31.1 Å². The summed E-state index contributed by atoms with van der Waals surface area (Å²) in [5.41, 5.74) is -3.94. The molecule has 1 amide bonds. The molecule has 168 valence electrons. The van der Waals surface area contributed by atoms with Crippen LogP contribution < -0.4 is 16.2 Å². The molecule has 32 heavy (non-hydrogen) atoms. The van der Waals surface area contributed by atoms with Crippen molar-refractivity contribution in [1.82, 2.24) is 9.97 Å². The smallest absolute Gasteiger partial charge is 0.365 e. The molecule has 3 N–H and O–H groups in total. The van der Waals surface area contributed by atoms with E-state index in [4.69, 9.17) is 0 Å². The second-order valence-corrected chi connectivity index (χ2v) is 6.52. The molecule has 12 heteroatoms. The number of pyridine rings is 2. The van der Waals surface area contributed by atoms with Gasteiger partial charge in [-0.3, -0.25) is 9.59 Å². The van der Waals surface area contributed by atoms with Gasteiger partial charge in [0.15, 0.2) is 0 Å². The molecule has 1 aromatic carbocycles. The standard InChI is InChI=1S/C20H14F6N4O2/c21-19(22,23)14-5-4-12(8-15(14)20(24,25)26)30-18(32)13-2-1-7-27-17(13)29-10-11-3-6-16(31)28-9-11/h1-9H,10H2,(H,27,29)(H,28,31)(H,30,32). The first-order chi connectivity index (χ1) is 14.9. The maximum Gasteiger partial charge on any atom is 0.417 e. The SMILES string of the molecule is O=C(Nc1ccc(C(F)(F)F)c(C(F)(F)F)c1)c1cccnc1NCc1ccc(=O)[nH]c1. The number of amides is 1. The number of rotatable bonds is 5. The highest BCUT2D eigenvalue weighted by Crippen LogP contribution is 2.41. The average molecular weight is 456 g/mol. The molecule has 0 radical (unpaired) electrons. The van der Waals surface area contributed by atoms with Crippen molar-refractivity contribution in [2.24, 2.45) is 0 Å². The summed E-state index contributed by atoms with van der Waals surface area (Å²) >= 11 is 0. The van der Waals surface area contributed by atoms with Crippen LogP contribution in [0.5, 0.6) is 0 Å². The highest BCUT2D eigenvalue weighted by atomic mass is 19.4. The molecular formula is C20H14F6N4O2. The maximum absolute atomic E-state index is 13.1. The molecule has 0 aliphatic rings. The van der Waals surface area contributed by atoms with Crippen molar-refractivity contribution in [3.63, 3.8) is 0 Å². The lowest BCUT2D eigenvalue weighted by Gasteiger charge is -2.17. The van der Waals surface area contributed by atoms with E-state index in [2.05, 4.69) is 20.6 Å². The van der Waals surface area contributed by atoms with Gasteiger partial charge in [0.05, 0.1) is 16.7 Å². The summed E-state index contributed by atoms with van der Waals surface area (Å²) in [6.07, 6.45) is -7.68. The number of anilines is 2. The number of aromatic amines is 1. The zero-order valence-electron chi connectivity index (χ0n) is 15.9. The Morgan fingerprint density at radius 2 is 1.69 bits per heavy atom. The number of aromatic nitrogens is 2. The molecule has 0 aliphatic carbocycles. The first-order valence-electron chi connectivity index (χ1n) is 8.91. The van der Waals surface area contributed by atoms with Gasteiger partial charge in [-0.2, -0.15) is 26.3 Å². The van der Waals surface area contributed by atoms with Gasteiger partial charge in [0.25, 0.3) is 5.91 Å². The predicted molar refractivity (Wildman–Crippen MR) is 103 cm³/mol. The molecule has 0 aliphatic heterocycles. The number of carbonyl (C=O) groups is 1. The van der Waals surface area contributed by atoms with Crippen LogP contribution in [0.1, 0.15) is 27.0 Å². The molecule has 2 aromatic heterocycles. The Balaban J connectivity index is 1.83. The number of carbonyl (C=O) groups excluding carboxylic acids is 1. The van der Waals surface area contributed by atoms with Gasteiger partial charge in [0.1, 0.15) is 5.82 Å². The van der Waals surface area contributed by atoms with Gasteiger partial charge in [-0.05, 0) is 35.9 Å². The van der Waals surface area contributed by atoms with Gasteiger partial charge < -0.3 is 15.6 Å². The van der Waals surface area contributed by atoms with E-state index in [1.807, 2.05) is 0 Å². The van der Waals surface area contributed by atoms with Crippen molar-refractivity contribution in [3.8, 4) is 0 Å². The van der Waals surface area contributed by atoms with Crippen LogP contribution in [0.4, 0.5) is 37.8 Å². The van der Waals surface area contributed by atoms with Crippen LogP contribution in [-0.4, -0.2) is 15.9 Å². The zero-order valence-corrected chi connectivity index (χ0v) is 15.9. The second-order valence-electron chi connectivity index (χ2n) is 6.52. The summed E-state index contributed by atoms with van der Waals surface area (Å²) in [4.78, 5) is 30.2. The third-order valence-electron chi connectivity index (χ3n) is 4.25. The lowest BCUT2D eigenvalue weighted by Crippen LogP contribution is -2.19. The van der Waals surface area contributed by atoms with Crippen molar-refractivity contribution in [1.29, 1.82) is 0 Å². The third kappa shape index (κ3) is 5.45. The Bertz CT molecular complexity index is 1170. The molecule has 0 atom stereocenters. The molecule has 0 bridgehead atoms. The van der Waals surface area contributed by atoms with E-state index in [9.17, 15) is 35.9 Å². The van der Waals surface area contributed by atoms with Crippen LogP contribution in [0.3, 0.4) is 0 Å². The highest BCUT2D eigenvalue weighted by Gasteiger charge is 2.43. The fraction of sp³-hybridized carbons (Fsp3) is 0.150. The third-order valence-corrected chi connectivity index (χ3v) is 4.25. The normalized spacial score (nSPS) is 11.8. The maximum atomic E-state index is 13.1. The van der Waals surface area contributed by atoms with Crippen molar-refractivity contribution in [2.75, 3.05) is 10.6 Å². The van der Waals surface area contributed by atoms with Crippen LogP contribution in [0.25, 0.3) is 0 Å². The van der Waals surface area contributed by atoms with E-state index in [1.165, 1.54) is 36.7 Å². The van der Waals surface area contributed by atoms with Gasteiger partial charge in [0.2, 0.25) is 5.56 Å². The summed E-state index contributed by atoms with van der Waals surface area (Å²) in [7, 11) is 0. The molecule has 0 saturated carbocycles. The van der Waals surface area contributed by atoms with E-state index in [1.54, 1.807) is 0 Å². The van der Waals surface area contributed by atoms with Crippen LogP contribution in [0, 0.1) is 0 Å². The van der Waals surface area contributed by atoms with E-state index >= 15 is 0 Å². The van der Waals surface area contributed by atoms with E-state index in [0.29, 0.717) is 5.56 Å². The monoisotopic (exact) mass is 456 g/mol. The Morgan fingerprint density at radius 1 is 0.969 bits per heavy atom. The number of nitrogens with zero attached hydrogens (tertiary/aromatic N) is 1. The number of nitrogens with one attached hydrogen (secondary N) is 3. The molecular weight excluding hydrogens is 442 g/mol. The first-order valence-corrected chi connectivity index (χ1v) is 8.91. The lowest BCUT2D eigenvalue weighted by atomic mass is 10.1. The Labute approximate surface area is 176 Å². The van der Waals surface area contributed by atoms with Crippen molar-refractivity contribution in [3.05, 3.63) is 87.5 Å². The van der Waals surface area contributed by atoms with Crippen LogP contribution >= 0.6 is 0 Å². The number of benzene rings is 1. The zero-order chi connectivity index (χ0) is 23.5. The Hall–Kier alpha value is -3.83. The molecule has 2 heterocycles. The van der Waals surface area contributed by atoms with E-state index in [-0.39, 0.29) is 35.6 Å². The summed E-state index contributed by atoms with van der Waals surface area (Å²) in [6, 6.07) is 6.81. The molecule has 0 unspecified atom stereocenters. The van der Waals surface area contributed by atoms with Gasteiger partial charge in [-0.15, -0.1) is 0 Å². The first kappa shape index (κ1) is 22.8. The lowest BCUT2D eigenvalue weighted by molar-refractivity contribution is -0.162. The molecule has 3 aromatic rings. The number of hydrogen-bond donors (Lipinski definition) is 3. The highest BCUT2D eigenvalue weighted by molar-refractivity contribution is 6.07. The molecule has 0 fully saturated rings. The minimum absolute atomic E-state index is 0.0506. The van der Waals surface area contributed by atoms with Crippen LogP contribution in [-0.2, 0) is 18.9 Å². The second kappa shape index (κ2) is 8.73. The summed E-state index contributed by atoms with van der Waals surface area (Å²) in [5, 5.41) is 5.02. The fourth-order valence-corrected chi connectivity index (χ4v) is 2.77. The van der Waals surface area contributed by atoms with E-state index in [0.717, 1.165) is 6.07 Å². The van der Waals surface area contributed by atoms with Gasteiger partial charge in [-0.25, -0.2) is 4.98 Å². The molecule has 0 saturated heterocycles. The van der Waals surface area contributed by atoms with Crippen LogP contribution in [0.2, 0.25) is 0 Å². The van der Waals surface area contributed by atoms with Crippen molar-refractivity contribution >= 4 is 17.4 Å². The Morgan fingerprint density at radius 3 is 2.31 bits per heavy atom.